The van der Waals surface area contributed by atoms with Gasteiger partial charge in [0.2, 0.25) is 5.91 Å². The summed E-state index contributed by atoms with van der Waals surface area (Å²) >= 11 is 1.26. The highest BCUT2D eigenvalue weighted by molar-refractivity contribution is 7.12. The molecule has 1 aromatic heterocycles. The van der Waals surface area contributed by atoms with Crippen LogP contribution in [0.25, 0.3) is 0 Å². The van der Waals surface area contributed by atoms with E-state index in [2.05, 4.69) is 21.2 Å². The van der Waals surface area contributed by atoms with Crippen LogP contribution in [0, 0.1) is 0 Å². The molecule has 3 amide bonds. The topological polar surface area (TPSA) is 126 Å². The Morgan fingerprint density at radius 3 is 2.12 bits per heavy atom. The molecule has 3 aromatic rings. The Hall–Kier alpha value is -4.31. The molecule has 0 saturated carbocycles. The molecule has 0 aliphatic heterocycles. The normalized spacial score (nSPS) is 10.8. The molecule has 33 heavy (non-hydrogen) atoms. The average molecular weight is 465 g/mol. The number of nitrogens with one attached hydrogen (secondary N) is 3. The monoisotopic (exact) mass is 464 g/mol. The van der Waals surface area contributed by atoms with Crippen LogP contribution in [0.3, 0.4) is 0 Å². The molecule has 0 bridgehead atoms. The third kappa shape index (κ3) is 6.58. The standard InChI is InChI=1S/C23H20N4O5S/c1-14(18-6-3-4-7-19(18)32-23(31)20-8-5-13-33-20)26-27-22(30)21(29)25-17-11-9-16(10-12-17)24-15(2)28/h3-13H,1-2H3,(H,24,28)(H,25,29)(H,27,30). The van der Waals surface area contributed by atoms with Gasteiger partial charge in [0.05, 0.1) is 5.71 Å². The predicted octanol–water partition coefficient (Wildman–Crippen LogP) is 3.40. The highest BCUT2D eigenvalue weighted by Crippen LogP contribution is 2.21. The molecule has 0 unspecified atom stereocenters. The molecule has 3 N–H and O–H groups in total. The molecule has 0 aliphatic carbocycles. The fraction of sp³-hybridized carbons (Fsp3) is 0.0870. The van der Waals surface area contributed by atoms with Crippen LogP contribution in [0.4, 0.5) is 11.4 Å². The maximum atomic E-state index is 12.3. The number of thiophene rings is 1. The molecule has 0 saturated heterocycles. The smallest absolute Gasteiger partial charge is 0.353 e. The number of nitrogens with zero attached hydrogens (tertiary/aromatic N) is 1. The van der Waals surface area contributed by atoms with E-state index in [9.17, 15) is 19.2 Å². The zero-order valence-corrected chi connectivity index (χ0v) is 18.6. The molecular formula is C23H20N4O5S. The fourth-order valence-corrected chi connectivity index (χ4v) is 3.27. The SMILES string of the molecule is CC(=O)Nc1ccc(NC(=O)C(=O)NN=C(C)c2ccccc2OC(=O)c2cccs2)cc1. The van der Waals surface area contributed by atoms with Crippen molar-refractivity contribution < 1.29 is 23.9 Å². The van der Waals surface area contributed by atoms with Crippen LogP contribution in [0.5, 0.6) is 5.75 Å². The lowest BCUT2D eigenvalue weighted by Crippen LogP contribution is -2.33. The van der Waals surface area contributed by atoms with Gasteiger partial charge in [-0.15, -0.1) is 11.3 Å². The van der Waals surface area contributed by atoms with Gasteiger partial charge in [-0.1, -0.05) is 18.2 Å². The van der Waals surface area contributed by atoms with Crippen LogP contribution in [0.2, 0.25) is 0 Å². The second kappa shape index (κ2) is 10.8. The predicted molar refractivity (Wildman–Crippen MR) is 125 cm³/mol. The first kappa shape index (κ1) is 23.4. The minimum Gasteiger partial charge on any atom is -0.422 e. The molecule has 168 valence electrons. The van der Waals surface area contributed by atoms with Crippen LogP contribution in [0.15, 0.2) is 71.1 Å². The van der Waals surface area contributed by atoms with E-state index < -0.39 is 17.8 Å². The molecule has 0 aliphatic rings. The number of benzene rings is 2. The average Bonchev–Trinajstić information content (AvgIpc) is 3.34. The van der Waals surface area contributed by atoms with E-state index in [1.165, 1.54) is 18.3 Å². The largest absolute Gasteiger partial charge is 0.422 e. The summed E-state index contributed by atoms with van der Waals surface area (Å²) in [6.07, 6.45) is 0. The highest BCUT2D eigenvalue weighted by atomic mass is 32.1. The Labute approximate surface area is 193 Å². The van der Waals surface area contributed by atoms with E-state index in [4.69, 9.17) is 4.74 Å². The van der Waals surface area contributed by atoms with Crippen molar-refractivity contribution >= 4 is 52.1 Å². The third-order valence-corrected chi connectivity index (χ3v) is 5.05. The van der Waals surface area contributed by atoms with Crippen molar-refractivity contribution in [2.75, 3.05) is 10.6 Å². The van der Waals surface area contributed by atoms with Crippen LogP contribution >= 0.6 is 11.3 Å². The minimum atomic E-state index is -0.978. The molecule has 9 nitrogen and oxygen atoms in total. The zero-order chi connectivity index (χ0) is 23.8. The molecule has 0 fully saturated rings. The number of carbonyl (C=O) groups is 4. The van der Waals surface area contributed by atoms with Crippen LogP contribution in [-0.2, 0) is 14.4 Å². The van der Waals surface area contributed by atoms with Gasteiger partial charge in [-0.2, -0.15) is 5.10 Å². The number of ether oxygens (including phenoxy) is 1. The summed E-state index contributed by atoms with van der Waals surface area (Å²) < 4.78 is 5.45. The Morgan fingerprint density at radius 2 is 1.48 bits per heavy atom. The number of hydrogen-bond donors (Lipinski definition) is 3. The van der Waals surface area contributed by atoms with Crippen molar-refractivity contribution in [2.45, 2.75) is 13.8 Å². The Kier molecular flexibility index (Phi) is 7.66. The van der Waals surface area contributed by atoms with Crippen molar-refractivity contribution in [3.63, 3.8) is 0 Å². The second-order valence-corrected chi connectivity index (χ2v) is 7.66. The van der Waals surface area contributed by atoms with E-state index in [1.54, 1.807) is 73.0 Å². The van der Waals surface area contributed by atoms with E-state index in [0.29, 0.717) is 27.5 Å². The molecule has 3 rings (SSSR count). The first-order valence-corrected chi connectivity index (χ1v) is 10.6. The van der Waals surface area contributed by atoms with Gasteiger partial charge in [-0.3, -0.25) is 14.4 Å². The van der Waals surface area contributed by atoms with Gasteiger partial charge in [-0.05, 0) is 54.8 Å². The number of esters is 1. The lowest BCUT2D eigenvalue weighted by molar-refractivity contribution is -0.136. The number of anilines is 2. The maximum Gasteiger partial charge on any atom is 0.353 e. The van der Waals surface area contributed by atoms with E-state index in [-0.39, 0.29) is 11.7 Å². The number of amides is 3. The van der Waals surface area contributed by atoms with Gasteiger partial charge in [0.1, 0.15) is 10.6 Å². The molecule has 0 spiro atoms. The van der Waals surface area contributed by atoms with Gasteiger partial charge in [0, 0.05) is 23.9 Å². The summed E-state index contributed by atoms with van der Waals surface area (Å²) in [4.78, 5) is 48.0. The summed E-state index contributed by atoms with van der Waals surface area (Å²) in [5, 5.41) is 10.8. The number of hydrazone groups is 1. The first-order chi connectivity index (χ1) is 15.8. The maximum absolute atomic E-state index is 12.3. The number of rotatable bonds is 6. The highest BCUT2D eigenvalue weighted by Gasteiger charge is 2.16. The van der Waals surface area contributed by atoms with Gasteiger partial charge in [0.15, 0.2) is 0 Å². The molecule has 0 atom stereocenters. The summed E-state index contributed by atoms with van der Waals surface area (Å²) in [5.74, 6) is -2.35. The molecule has 2 aromatic carbocycles. The van der Waals surface area contributed by atoms with Crippen LogP contribution in [-0.4, -0.2) is 29.4 Å². The quantitative estimate of drug-likeness (QED) is 0.169. The van der Waals surface area contributed by atoms with Crippen molar-refractivity contribution in [2.24, 2.45) is 5.10 Å². The summed E-state index contributed by atoms with van der Waals surface area (Å²) in [6, 6.07) is 16.4. The Bertz CT molecular complexity index is 1200. The summed E-state index contributed by atoms with van der Waals surface area (Å²) in [7, 11) is 0. The molecule has 10 heteroatoms. The number of carbonyl (C=O) groups excluding carboxylic acids is 4. The number of hydrogen-bond acceptors (Lipinski definition) is 7. The molecular weight excluding hydrogens is 444 g/mol. The summed E-state index contributed by atoms with van der Waals surface area (Å²) in [6.45, 7) is 2.99. The van der Waals surface area contributed by atoms with Gasteiger partial charge >= 0.3 is 17.8 Å². The number of para-hydroxylation sites is 1. The molecule has 1 heterocycles. The van der Waals surface area contributed by atoms with Gasteiger partial charge in [0.25, 0.3) is 0 Å². The second-order valence-electron chi connectivity index (χ2n) is 6.71. The van der Waals surface area contributed by atoms with E-state index in [0.717, 1.165) is 0 Å². The lowest BCUT2D eigenvalue weighted by atomic mass is 10.1. The van der Waals surface area contributed by atoms with Crippen LogP contribution < -0.4 is 20.8 Å². The van der Waals surface area contributed by atoms with Crippen molar-refractivity contribution in [3.05, 3.63) is 76.5 Å². The Morgan fingerprint density at radius 1 is 0.818 bits per heavy atom. The summed E-state index contributed by atoms with van der Waals surface area (Å²) in [5.41, 5.74) is 3.94. The first-order valence-electron chi connectivity index (χ1n) is 9.72. The van der Waals surface area contributed by atoms with E-state index >= 15 is 0 Å². The third-order valence-electron chi connectivity index (χ3n) is 4.20. The van der Waals surface area contributed by atoms with Gasteiger partial charge < -0.3 is 15.4 Å². The minimum absolute atomic E-state index is 0.220. The van der Waals surface area contributed by atoms with Gasteiger partial charge in [-0.25, -0.2) is 10.2 Å². The van der Waals surface area contributed by atoms with E-state index in [1.807, 2.05) is 0 Å². The van der Waals surface area contributed by atoms with Crippen molar-refractivity contribution in [1.82, 2.24) is 5.43 Å². The van der Waals surface area contributed by atoms with Crippen molar-refractivity contribution in [1.29, 1.82) is 0 Å². The van der Waals surface area contributed by atoms with Crippen LogP contribution in [0.1, 0.15) is 29.1 Å². The fourth-order valence-electron chi connectivity index (χ4n) is 2.67. The lowest BCUT2D eigenvalue weighted by Gasteiger charge is -2.09. The molecule has 0 radical (unpaired) electrons. The Balaban J connectivity index is 1.62. The van der Waals surface area contributed by atoms with Crippen molar-refractivity contribution in [3.8, 4) is 5.75 Å². The zero-order valence-electron chi connectivity index (χ0n) is 17.7.